The minimum absolute atomic E-state index is 0.0640. The number of ether oxygens (including phenoxy) is 4. The molecule has 0 unspecified atom stereocenters. The van der Waals surface area contributed by atoms with Crippen LogP contribution in [0.2, 0.25) is 0 Å². The smallest absolute Gasteiger partial charge is 0.348 e. The van der Waals surface area contributed by atoms with Gasteiger partial charge in [0.05, 0.1) is 7.11 Å². The first kappa shape index (κ1) is 22.1. The Bertz CT molecular complexity index is 1050. The lowest BCUT2D eigenvalue weighted by atomic mass is 10.1. The van der Waals surface area contributed by atoms with Crippen molar-refractivity contribution >= 4 is 18.0 Å². The fraction of sp³-hybridized carbons (Fsp3) is 0.238. The molecule has 0 amide bonds. The van der Waals surface area contributed by atoms with Crippen LogP contribution in [0.4, 0.5) is 17.6 Å². The lowest BCUT2D eigenvalue weighted by Crippen LogP contribution is -2.41. The maximum absolute atomic E-state index is 13.8. The van der Waals surface area contributed by atoms with E-state index in [9.17, 15) is 27.2 Å². The van der Waals surface area contributed by atoms with Crippen molar-refractivity contribution in [3.8, 4) is 11.5 Å². The van der Waals surface area contributed by atoms with E-state index >= 15 is 0 Å². The van der Waals surface area contributed by atoms with Crippen molar-refractivity contribution < 1.29 is 46.1 Å². The predicted molar refractivity (Wildman–Crippen MR) is 97.8 cm³/mol. The van der Waals surface area contributed by atoms with E-state index in [-0.39, 0.29) is 23.0 Å². The lowest BCUT2D eigenvalue weighted by molar-refractivity contribution is -0.222. The molecule has 6 nitrogen and oxygen atoms in total. The number of rotatable bonds is 5. The number of halogens is 4. The average Bonchev–Trinajstić information content (AvgIpc) is 2.68. The second kappa shape index (κ2) is 8.29. The number of esters is 2. The van der Waals surface area contributed by atoms with Crippen LogP contribution in [0.25, 0.3) is 6.08 Å². The summed E-state index contributed by atoms with van der Waals surface area (Å²) in [5.41, 5.74) is 0.133. The number of carbonyl (C=O) groups excluding carboxylic acids is 2. The van der Waals surface area contributed by atoms with Gasteiger partial charge in [0.15, 0.2) is 17.4 Å². The van der Waals surface area contributed by atoms with E-state index in [2.05, 4.69) is 0 Å². The molecule has 0 atom stereocenters. The van der Waals surface area contributed by atoms with Gasteiger partial charge in [-0.2, -0.15) is 8.78 Å². The number of benzene rings is 2. The summed E-state index contributed by atoms with van der Waals surface area (Å²) < 4.78 is 74.5. The van der Waals surface area contributed by atoms with Crippen LogP contribution in [0.3, 0.4) is 0 Å². The molecule has 3 rings (SSSR count). The van der Waals surface area contributed by atoms with Crippen LogP contribution in [0.1, 0.15) is 25.0 Å². The Morgan fingerprint density at radius 3 is 2.10 bits per heavy atom. The zero-order valence-corrected chi connectivity index (χ0v) is 16.6. The molecule has 31 heavy (non-hydrogen) atoms. The zero-order valence-electron chi connectivity index (χ0n) is 16.6. The third-order valence-electron chi connectivity index (χ3n) is 4.18. The molecule has 0 aromatic heterocycles. The second-order valence-electron chi connectivity index (χ2n) is 6.89. The highest BCUT2D eigenvalue weighted by Crippen LogP contribution is 2.30. The van der Waals surface area contributed by atoms with Crippen molar-refractivity contribution in [3.05, 3.63) is 64.2 Å². The SMILES string of the molecule is COc1ccc(C=C2C(=O)OC(C)(C)OC2=O)cc1COc1c(F)c(F)cc(F)c1F. The van der Waals surface area contributed by atoms with Crippen LogP contribution < -0.4 is 9.47 Å². The molecule has 1 fully saturated rings. The van der Waals surface area contributed by atoms with Gasteiger partial charge in [0.25, 0.3) is 5.79 Å². The highest BCUT2D eigenvalue weighted by atomic mass is 19.2. The molecular weight excluding hydrogens is 424 g/mol. The third kappa shape index (κ3) is 4.62. The van der Waals surface area contributed by atoms with Crippen molar-refractivity contribution in [2.24, 2.45) is 0 Å². The molecule has 2 aromatic rings. The fourth-order valence-corrected chi connectivity index (χ4v) is 2.77. The van der Waals surface area contributed by atoms with Crippen molar-refractivity contribution in [1.29, 1.82) is 0 Å². The molecular formula is C21H16F4O6. The fourth-order valence-electron chi connectivity index (χ4n) is 2.77. The molecule has 0 radical (unpaired) electrons. The highest BCUT2D eigenvalue weighted by molar-refractivity contribution is 6.18. The number of methoxy groups -OCH3 is 1. The Morgan fingerprint density at radius 1 is 0.968 bits per heavy atom. The van der Waals surface area contributed by atoms with Crippen LogP contribution in [-0.2, 0) is 25.7 Å². The van der Waals surface area contributed by atoms with Gasteiger partial charge >= 0.3 is 11.9 Å². The largest absolute Gasteiger partial charge is 0.496 e. The van der Waals surface area contributed by atoms with Gasteiger partial charge in [0.2, 0.25) is 11.6 Å². The molecule has 1 aliphatic heterocycles. The van der Waals surface area contributed by atoms with Crippen LogP contribution >= 0.6 is 0 Å². The Morgan fingerprint density at radius 2 is 1.55 bits per heavy atom. The maximum atomic E-state index is 13.8. The molecule has 0 saturated carbocycles. The Hall–Kier alpha value is -3.56. The minimum Gasteiger partial charge on any atom is -0.496 e. The summed E-state index contributed by atoms with van der Waals surface area (Å²) in [6.07, 6.45) is 1.19. The first-order valence-corrected chi connectivity index (χ1v) is 8.83. The van der Waals surface area contributed by atoms with E-state index < -0.39 is 53.4 Å². The molecule has 0 aliphatic carbocycles. The van der Waals surface area contributed by atoms with Crippen molar-refractivity contribution in [1.82, 2.24) is 0 Å². The molecule has 164 valence electrons. The normalized spacial score (nSPS) is 15.3. The van der Waals surface area contributed by atoms with Gasteiger partial charge in [-0.15, -0.1) is 0 Å². The molecule has 0 spiro atoms. The van der Waals surface area contributed by atoms with E-state index in [0.29, 0.717) is 5.56 Å². The summed E-state index contributed by atoms with van der Waals surface area (Å²) >= 11 is 0. The topological polar surface area (TPSA) is 71.1 Å². The van der Waals surface area contributed by atoms with Crippen molar-refractivity contribution in [2.75, 3.05) is 7.11 Å². The van der Waals surface area contributed by atoms with Gasteiger partial charge in [-0.1, -0.05) is 6.07 Å². The molecule has 10 heteroatoms. The number of hydrogen-bond acceptors (Lipinski definition) is 6. The molecule has 2 aromatic carbocycles. The summed E-state index contributed by atoms with van der Waals surface area (Å²) in [5, 5.41) is 0. The Labute approximate surface area is 174 Å². The first-order valence-electron chi connectivity index (χ1n) is 8.83. The van der Waals surface area contributed by atoms with Crippen LogP contribution in [0.15, 0.2) is 29.8 Å². The third-order valence-corrected chi connectivity index (χ3v) is 4.18. The summed E-state index contributed by atoms with van der Waals surface area (Å²) in [7, 11) is 1.32. The molecule has 1 heterocycles. The number of hydrogen-bond donors (Lipinski definition) is 0. The Kier molecular flexibility index (Phi) is 5.92. The molecule has 1 aliphatic rings. The van der Waals surface area contributed by atoms with E-state index in [1.54, 1.807) is 0 Å². The quantitative estimate of drug-likeness (QED) is 0.230. The van der Waals surface area contributed by atoms with E-state index in [1.807, 2.05) is 0 Å². The van der Waals surface area contributed by atoms with Gasteiger partial charge in [0, 0.05) is 25.5 Å². The maximum Gasteiger partial charge on any atom is 0.348 e. The zero-order chi connectivity index (χ0) is 22.9. The molecule has 0 N–H and O–H groups in total. The highest BCUT2D eigenvalue weighted by Gasteiger charge is 2.38. The first-order chi connectivity index (χ1) is 14.5. The van der Waals surface area contributed by atoms with Crippen molar-refractivity contribution in [2.45, 2.75) is 26.2 Å². The van der Waals surface area contributed by atoms with Crippen LogP contribution in [0, 0.1) is 23.3 Å². The summed E-state index contributed by atoms with van der Waals surface area (Å²) in [5.74, 6) is -10.8. The monoisotopic (exact) mass is 440 g/mol. The van der Waals surface area contributed by atoms with Crippen molar-refractivity contribution in [3.63, 3.8) is 0 Å². The number of cyclic esters (lactones) is 2. The van der Waals surface area contributed by atoms with Gasteiger partial charge in [-0.25, -0.2) is 18.4 Å². The minimum atomic E-state index is -1.69. The van der Waals surface area contributed by atoms with E-state index in [1.165, 1.54) is 45.2 Å². The predicted octanol–water partition coefficient (Wildman–Crippen LogP) is 4.05. The van der Waals surface area contributed by atoms with E-state index in [4.69, 9.17) is 18.9 Å². The lowest BCUT2D eigenvalue weighted by Gasteiger charge is -2.29. The summed E-state index contributed by atoms with van der Waals surface area (Å²) in [4.78, 5) is 24.2. The van der Waals surface area contributed by atoms with Crippen LogP contribution in [0.5, 0.6) is 11.5 Å². The molecule has 1 saturated heterocycles. The van der Waals surface area contributed by atoms with Gasteiger partial charge in [0.1, 0.15) is 17.9 Å². The standard InChI is InChI=1S/C21H16F4O6/c1-21(2)30-19(26)12(20(27)31-21)7-10-4-5-15(28-3)11(6-10)9-29-18-16(24)13(22)8-14(23)17(18)25/h4-8H,9H2,1-3H3. The second-order valence-corrected chi connectivity index (χ2v) is 6.89. The summed E-state index contributed by atoms with van der Waals surface area (Å²) in [6.45, 7) is 2.25. The Balaban J connectivity index is 1.91. The average molecular weight is 440 g/mol. The van der Waals surface area contributed by atoms with Crippen LogP contribution in [-0.4, -0.2) is 24.8 Å². The van der Waals surface area contributed by atoms with Gasteiger partial charge < -0.3 is 18.9 Å². The van der Waals surface area contributed by atoms with Gasteiger partial charge in [-0.05, 0) is 23.8 Å². The number of carbonyl (C=O) groups is 2. The van der Waals surface area contributed by atoms with E-state index in [0.717, 1.165) is 0 Å². The summed E-state index contributed by atoms with van der Waals surface area (Å²) in [6, 6.07) is 4.37. The van der Waals surface area contributed by atoms with Gasteiger partial charge in [-0.3, -0.25) is 0 Å². The molecule has 0 bridgehead atoms.